The Morgan fingerprint density at radius 2 is 1.90 bits per heavy atom. The molecule has 1 aliphatic heterocycles. The van der Waals surface area contributed by atoms with Gasteiger partial charge in [0.1, 0.15) is 17.1 Å². The lowest BCUT2D eigenvalue weighted by Crippen LogP contribution is -2.49. The number of hydrogen-bond donors (Lipinski definition) is 3. The average Bonchev–Trinajstić information content (AvgIpc) is 2.68. The fraction of sp³-hybridized carbons (Fsp3) is 0.769. The molecule has 0 aromatic heterocycles. The largest absolute Gasteiger partial charge is 0.508 e. The summed E-state index contributed by atoms with van der Waals surface area (Å²) in [6, 6.07) is 4.59. The molecule has 1 aliphatic carbocycles. The monoisotopic (exact) mass is 453 g/mol. The number of fused-ring (bicyclic) bond motifs is 3. The van der Waals surface area contributed by atoms with E-state index in [1.807, 2.05) is 6.07 Å². The Bertz CT molecular complexity index is 719. The number of hydrogen-bond acceptors (Lipinski definition) is 4. The Morgan fingerprint density at radius 3 is 2.58 bits per heavy atom. The van der Waals surface area contributed by atoms with Crippen molar-refractivity contribution in [3.05, 3.63) is 23.3 Å². The first-order chi connectivity index (χ1) is 14.2. The third kappa shape index (κ3) is 5.89. The van der Waals surface area contributed by atoms with Crippen molar-refractivity contribution in [2.75, 3.05) is 13.2 Å². The van der Waals surface area contributed by atoms with Crippen LogP contribution in [-0.2, 0) is 5.41 Å². The highest BCUT2D eigenvalue weighted by Gasteiger charge is 2.47. The standard InChI is InChI=1S/C26H43NO3.ClH/c1-6-7-8-9-12-25(2,3)18-15-22(29)24-20-17-19(27-13-14-28)10-11-21(20)26(4,5)30-23(24)16-18;/h15-16,19-21,27-29H,6-14,17H2,1-5H3;1H/t19?,20-,21-;/m0./s1. The number of aliphatic hydroxyl groups is 1. The summed E-state index contributed by atoms with van der Waals surface area (Å²) in [6.45, 7) is 12.0. The van der Waals surface area contributed by atoms with Gasteiger partial charge in [-0.1, -0.05) is 46.5 Å². The van der Waals surface area contributed by atoms with E-state index in [9.17, 15) is 10.2 Å². The van der Waals surface area contributed by atoms with Gasteiger partial charge in [-0.25, -0.2) is 0 Å². The molecule has 3 rings (SSSR count). The molecule has 3 atom stereocenters. The van der Waals surface area contributed by atoms with Crippen LogP contribution in [0.4, 0.5) is 0 Å². The number of aromatic hydroxyl groups is 1. The highest BCUT2D eigenvalue weighted by Crippen LogP contribution is 2.55. The lowest BCUT2D eigenvalue weighted by atomic mass is 9.65. The van der Waals surface area contributed by atoms with Crippen LogP contribution >= 0.6 is 12.4 Å². The predicted octanol–water partition coefficient (Wildman–Crippen LogP) is 6.07. The van der Waals surface area contributed by atoms with E-state index in [0.717, 1.165) is 37.0 Å². The molecule has 0 saturated heterocycles. The summed E-state index contributed by atoms with van der Waals surface area (Å²) in [4.78, 5) is 0. The van der Waals surface area contributed by atoms with Gasteiger partial charge in [-0.2, -0.15) is 0 Å². The Hall–Kier alpha value is -0.970. The van der Waals surface area contributed by atoms with Crippen molar-refractivity contribution < 1.29 is 14.9 Å². The van der Waals surface area contributed by atoms with E-state index >= 15 is 0 Å². The van der Waals surface area contributed by atoms with Gasteiger partial charge >= 0.3 is 0 Å². The molecule has 3 N–H and O–H groups in total. The van der Waals surface area contributed by atoms with Gasteiger partial charge in [0.25, 0.3) is 0 Å². The summed E-state index contributed by atoms with van der Waals surface area (Å²) in [5.41, 5.74) is 1.95. The number of phenols is 1. The topological polar surface area (TPSA) is 61.7 Å². The number of halogens is 1. The van der Waals surface area contributed by atoms with Crippen LogP contribution in [-0.4, -0.2) is 35.0 Å². The average molecular weight is 454 g/mol. The minimum atomic E-state index is -0.240. The third-order valence-corrected chi connectivity index (χ3v) is 7.59. The Balaban J connectivity index is 0.00000341. The Kier molecular flexibility index (Phi) is 9.13. The summed E-state index contributed by atoms with van der Waals surface area (Å²) in [5.74, 6) is 1.96. The highest BCUT2D eigenvalue weighted by molar-refractivity contribution is 5.85. The predicted molar refractivity (Wildman–Crippen MR) is 131 cm³/mol. The van der Waals surface area contributed by atoms with Crippen LogP contribution in [0.5, 0.6) is 11.5 Å². The summed E-state index contributed by atoms with van der Waals surface area (Å²) in [5, 5.41) is 23.8. The highest BCUT2D eigenvalue weighted by atomic mass is 35.5. The summed E-state index contributed by atoms with van der Waals surface area (Å²) < 4.78 is 6.54. The molecule has 2 aliphatic rings. The van der Waals surface area contributed by atoms with Crippen molar-refractivity contribution in [3.63, 3.8) is 0 Å². The smallest absolute Gasteiger partial charge is 0.127 e. The molecule has 1 heterocycles. The van der Waals surface area contributed by atoms with Gasteiger partial charge in [-0.3, -0.25) is 0 Å². The van der Waals surface area contributed by atoms with E-state index < -0.39 is 0 Å². The molecule has 0 amide bonds. The van der Waals surface area contributed by atoms with Gasteiger partial charge < -0.3 is 20.3 Å². The van der Waals surface area contributed by atoms with Crippen LogP contribution < -0.4 is 10.1 Å². The number of aliphatic hydroxyl groups excluding tert-OH is 1. The zero-order valence-corrected chi connectivity index (χ0v) is 21.0. The van der Waals surface area contributed by atoms with Gasteiger partial charge in [-0.05, 0) is 68.6 Å². The number of phenolic OH excluding ortho intramolecular Hbond substituents is 1. The van der Waals surface area contributed by atoms with Crippen LogP contribution in [0.1, 0.15) is 103 Å². The molecular formula is C26H44ClNO3. The second-order valence-electron chi connectivity index (χ2n) is 10.7. The number of ether oxygens (including phenoxy) is 1. The first-order valence-corrected chi connectivity index (χ1v) is 12.1. The van der Waals surface area contributed by atoms with Crippen LogP contribution in [0.25, 0.3) is 0 Å². The van der Waals surface area contributed by atoms with E-state index in [2.05, 4.69) is 46.0 Å². The number of benzene rings is 1. The van der Waals surface area contributed by atoms with Crippen LogP contribution in [0.15, 0.2) is 12.1 Å². The van der Waals surface area contributed by atoms with Crippen LogP contribution in [0.2, 0.25) is 0 Å². The SMILES string of the molecule is CCCCCCC(C)(C)c1cc(O)c2c(c1)OC(C)(C)[C@H]1CCC(NCCO)C[C@H]21.Cl. The van der Waals surface area contributed by atoms with Crippen molar-refractivity contribution in [3.8, 4) is 11.5 Å². The second kappa shape index (κ2) is 10.8. The second-order valence-corrected chi connectivity index (χ2v) is 10.7. The van der Waals surface area contributed by atoms with Gasteiger partial charge in [0, 0.05) is 24.1 Å². The summed E-state index contributed by atoms with van der Waals surface area (Å²) in [7, 11) is 0. The van der Waals surface area contributed by atoms with Crippen molar-refractivity contribution >= 4 is 12.4 Å². The van der Waals surface area contributed by atoms with Crippen LogP contribution in [0.3, 0.4) is 0 Å². The molecule has 1 aromatic carbocycles. The number of rotatable bonds is 9. The molecule has 5 heteroatoms. The lowest BCUT2D eigenvalue weighted by Gasteiger charge is -2.49. The summed E-state index contributed by atoms with van der Waals surface area (Å²) >= 11 is 0. The van der Waals surface area contributed by atoms with Crippen molar-refractivity contribution in [2.24, 2.45) is 5.92 Å². The van der Waals surface area contributed by atoms with E-state index in [1.54, 1.807) is 0 Å². The minimum Gasteiger partial charge on any atom is -0.508 e. The molecule has 1 saturated carbocycles. The zero-order valence-electron chi connectivity index (χ0n) is 20.2. The molecule has 4 nitrogen and oxygen atoms in total. The van der Waals surface area contributed by atoms with E-state index in [0.29, 0.717) is 24.3 Å². The zero-order chi connectivity index (χ0) is 21.9. The molecule has 1 fully saturated rings. The Morgan fingerprint density at radius 1 is 1.16 bits per heavy atom. The third-order valence-electron chi connectivity index (χ3n) is 7.59. The normalized spacial score (nSPS) is 24.5. The first kappa shape index (κ1) is 26.3. The van der Waals surface area contributed by atoms with E-state index in [4.69, 9.17) is 4.74 Å². The molecular weight excluding hydrogens is 410 g/mol. The molecule has 1 unspecified atom stereocenters. The lowest BCUT2D eigenvalue weighted by molar-refractivity contribution is -0.0124. The van der Waals surface area contributed by atoms with Gasteiger partial charge in [0.05, 0.1) is 6.61 Å². The molecule has 31 heavy (non-hydrogen) atoms. The molecule has 178 valence electrons. The maximum absolute atomic E-state index is 11.1. The van der Waals surface area contributed by atoms with Crippen molar-refractivity contribution in [1.29, 1.82) is 0 Å². The fourth-order valence-corrected chi connectivity index (χ4v) is 5.73. The number of unbranched alkanes of at least 4 members (excludes halogenated alkanes) is 3. The van der Waals surface area contributed by atoms with Gasteiger partial charge in [0.15, 0.2) is 0 Å². The quantitative estimate of drug-likeness (QED) is 0.397. The molecule has 0 bridgehead atoms. The maximum atomic E-state index is 11.1. The van der Waals surface area contributed by atoms with Crippen molar-refractivity contribution in [1.82, 2.24) is 5.32 Å². The molecule has 0 spiro atoms. The first-order valence-electron chi connectivity index (χ1n) is 12.1. The van der Waals surface area contributed by atoms with Crippen molar-refractivity contribution in [2.45, 2.75) is 109 Å². The fourth-order valence-electron chi connectivity index (χ4n) is 5.73. The van der Waals surface area contributed by atoms with Gasteiger partial charge in [-0.15, -0.1) is 12.4 Å². The Labute approximate surface area is 195 Å². The van der Waals surface area contributed by atoms with Gasteiger partial charge in [0.2, 0.25) is 0 Å². The number of nitrogens with one attached hydrogen (secondary N) is 1. The van der Waals surface area contributed by atoms with E-state index in [-0.39, 0.29) is 35.9 Å². The van der Waals surface area contributed by atoms with E-state index in [1.165, 1.54) is 31.2 Å². The minimum absolute atomic E-state index is 0. The molecule has 1 aromatic rings. The maximum Gasteiger partial charge on any atom is 0.127 e. The summed E-state index contributed by atoms with van der Waals surface area (Å²) in [6.07, 6.45) is 9.29. The molecule has 0 radical (unpaired) electrons. The van der Waals surface area contributed by atoms with Crippen LogP contribution in [0, 0.1) is 5.92 Å².